The molecule has 1 heterocycles. The van der Waals surface area contributed by atoms with E-state index in [9.17, 15) is 4.79 Å². The number of esters is 1. The van der Waals surface area contributed by atoms with Crippen molar-refractivity contribution in [2.45, 2.75) is 20.0 Å². The van der Waals surface area contributed by atoms with E-state index in [2.05, 4.69) is 26.2 Å². The molecular weight excluding hydrogens is 308 g/mol. The summed E-state index contributed by atoms with van der Waals surface area (Å²) >= 11 is 3.39. The molecule has 0 fully saturated rings. The predicted molar refractivity (Wildman–Crippen MR) is 79.2 cm³/mol. The third-order valence-electron chi connectivity index (χ3n) is 2.47. The first kappa shape index (κ1) is 13.8. The van der Waals surface area contributed by atoms with Gasteiger partial charge < -0.3 is 10.1 Å². The van der Waals surface area contributed by atoms with Crippen LogP contribution in [-0.4, -0.2) is 23.6 Å². The maximum absolute atomic E-state index is 11.5. The van der Waals surface area contributed by atoms with E-state index in [1.807, 2.05) is 38.1 Å². The molecule has 2 rings (SSSR count). The van der Waals surface area contributed by atoms with E-state index >= 15 is 0 Å². The van der Waals surface area contributed by atoms with Gasteiger partial charge in [-0.15, -0.1) is 0 Å². The number of rotatable bonds is 4. The smallest absolute Gasteiger partial charge is 0.325 e. The summed E-state index contributed by atoms with van der Waals surface area (Å²) in [5.74, 6) is -0.274. The topological polar surface area (TPSA) is 51.2 Å². The molecule has 4 nitrogen and oxygen atoms in total. The van der Waals surface area contributed by atoms with Crippen LogP contribution >= 0.6 is 15.9 Å². The number of aromatic nitrogens is 1. The van der Waals surface area contributed by atoms with Gasteiger partial charge in [0, 0.05) is 16.1 Å². The number of benzene rings is 1. The maximum Gasteiger partial charge on any atom is 0.325 e. The summed E-state index contributed by atoms with van der Waals surface area (Å²) in [5, 5.41) is 4.07. The zero-order chi connectivity index (χ0) is 13.8. The molecule has 0 aliphatic heterocycles. The zero-order valence-electron chi connectivity index (χ0n) is 10.8. The molecule has 5 heteroatoms. The molecule has 0 spiro atoms. The molecule has 1 N–H and O–H groups in total. The van der Waals surface area contributed by atoms with E-state index in [0.717, 1.165) is 21.1 Å². The van der Waals surface area contributed by atoms with Gasteiger partial charge in [0.05, 0.1) is 17.3 Å². The number of carbonyl (C=O) groups excluding carboxylic acids is 1. The molecule has 0 aliphatic rings. The molecule has 0 saturated carbocycles. The summed E-state index contributed by atoms with van der Waals surface area (Å²) in [4.78, 5) is 15.9. The Morgan fingerprint density at radius 1 is 1.47 bits per heavy atom. The second-order valence-electron chi connectivity index (χ2n) is 4.42. The number of hydrogen-bond donors (Lipinski definition) is 1. The first-order valence-electron chi connectivity index (χ1n) is 6.04. The average Bonchev–Trinajstić information content (AvgIpc) is 2.35. The number of hydrogen-bond acceptors (Lipinski definition) is 4. The van der Waals surface area contributed by atoms with E-state index in [4.69, 9.17) is 4.74 Å². The second-order valence-corrected chi connectivity index (χ2v) is 5.34. The minimum Gasteiger partial charge on any atom is -0.462 e. The SMILES string of the molecule is CC(C)OC(=O)CNc1cccc2cc(Br)cnc12. The Hall–Kier alpha value is -1.62. The van der Waals surface area contributed by atoms with Gasteiger partial charge in [0.1, 0.15) is 6.54 Å². The summed E-state index contributed by atoms with van der Waals surface area (Å²) in [6.07, 6.45) is 1.64. The number of para-hydroxylation sites is 1. The molecule has 0 bridgehead atoms. The van der Waals surface area contributed by atoms with Crippen molar-refractivity contribution >= 4 is 38.5 Å². The lowest BCUT2D eigenvalue weighted by atomic mass is 10.2. The third kappa shape index (κ3) is 3.67. The van der Waals surface area contributed by atoms with Crippen LogP contribution in [-0.2, 0) is 9.53 Å². The van der Waals surface area contributed by atoms with Gasteiger partial charge in [0.15, 0.2) is 0 Å². The molecular formula is C14H15BrN2O2. The first-order valence-corrected chi connectivity index (χ1v) is 6.83. The van der Waals surface area contributed by atoms with Gasteiger partial charge in [0.2, 0.25) is 0 Å². The molecule has 0 unspecified atom stereocenters. The van der Waals surface area contributed by atoms with Crippen LogP contribution in [0.5, 0.6) is 0 Å². The van der Waals surface area contributed by atoms with Crippen LogP contribution in [0.15, 0.2) is 34.9 Å². The van der Waals surface area contributed by atoms with Crippen molar-refractivity contribution in [3.63, 3.8) is 0 Å². The molecule has 1 aromatic carbocycles. The van der Waals surface area contributed by atoms with Gasteiger partial charge in [-0.1, -0.05) is 12.1 Å². The van der Waals surface area contributed by atoms with Gasteiger partial charge in [-0.3, -0.25) is 9.78 Å². The van der Waals surface area contributed by atoms with Gasteiger partial charge in [0.25, 0.3) is 0 Å². The summed E-state index contributed by atoms with van der Waals surface area (Å²) < 4.78 is 6.00. The molecule has 1 aromatic heterocycles. The molecule has 2 aromatic rings. The molecule has 0 atom stereocenters. The summed E-state index contributed by atoms with van der Waals surface area (Å²) in [6, 6.07) is 7.78. The fourth-order valence-electron chi connectivity index (χ4n) is 1.75. The van der Waals surface area contributed by atoms with Crippen LogP contribution in [0.2, 0.25) is 0 Å². The number of halogens is 1. The van der Waals surface area contributed by atoms with E-state index in [-0.39, 0.29) is 18.6 Å². The Morgan fingerprint density at radius 3 is 3.00 bits per heavy atom. The Bertz CT molecular complexity index is 599. The number of pyridine rings is 1. The lowest BCUT2D eigenvalue weighted by Crippen LogP contribution is -2.20. The molecule has 0 aliphatic carbocycles. The van der Waals surface area contributed by atoms with E-state index in [1.54, 1.807) is 6.20 Å². The molecule has 0 radical (unpaired) electrons. The van der Waals surface area contributed by atoms with Crippen molar-refractivity contribution in [1.82, 2.24) is 4.98 Å². The molecule has 19 heavy (non-hydrogen) atoms. The van der Waals surface area contributed by atoms with E-state index in [1.165, 1.54) is 0 Å². The van der Waals surface area contributed by atoms with Crippen LogP contribution in [0.3, 0.4) is 0 Å². The second kappa shape index (κ2) is 6.02. The Labute approximate surface area is 120 Å². The number of nitrogens with zero attached hydrogens (tertiary/aromatic N) is 1. The summed E-state index contributed by atoms with van der Waals surface area (Å²) in [6.45, 7) is 3.79. The van der Waals surface area contributed by atoms with Crippen molar-refractivity contribution < 1.29 is 9.53 Å². The van der Waals surface area contributed by atoms with Crippen LogP contribution in [0, 0.1) is 0 Å². The van der Waals surface area contributed by atoms with Crippen LogP contribution in [0.4, 0.5) is 5.69 Å². The van der Waals surface area contributed by atoms with Crippen LogP contribution in [0.25, 0.3) is 10.9 Å². The quantitative estimate of drug-likeness (QED) is 0.877. The van der Waals surface area contributed by atoms with Crippen molar-refractivity contribution in [1.29, 1.82) is 0 Å². The number of fused-ring (bicyclic) bond motifs is 1. The van der Waals surface area contributed by atoms with Crippen molar-refractivity contribution in [3.05, 3.63) is 34.9 Å². The van der Waals surface area contributed by atoms with Gasteiger partial charge >= 0.3 is 5.97 Å². The Kier molecular flexibility index (Phi) is 4.37. The Balaban J connectivity index is 2.15. The van der Waals surface area contributed by atoms with E-state index < -0.39 is 0 Å². The maximum atomic E-state index is 11.5. The highest BCUT2D eigenvalue weighted by molar-refractivity contribution is 9.10. The van der Waals surface area contributed by atoms with Crippen LogP contribution < -0.4 is 5.32 Å². The normalized spacial score (nSPS) is 10.7. The van der Waals surface area contributed by atoms with Gasteiger partial charge in [-0.25, -0.2) is 0 Å². The van der Waals surface area contributed by atoms with Crippen LogP contribution in [0.1, 0.15) is 13.8 Å². The molecule has 0 saturated heterocycles. The highest BCUT2D eigenvalue weighted by Gasteiger charge is 2.07. The zero-order valence-corrected chi connectivity index (χ0v) is 12.4. The largest absolute Gasteiger partial charge is 0.462 e. The first-order chi connectivity index (χ1) is 9.06. The predicted octanol–water partition coefficient (Wildman–Crippen LogP) is 3.36. The monoisotopic (exact) mass is 322 g/mol. The number of ether oxygens (including phenoxy) is 1. The number of nitrogens with one attached hydrogen (secondary N) is 1. The highest BCUT2D eigenvalue weighted by Crippen LogP contribution is 2.23. The molecule has 0 amide bonds. The summed E-state index contributed by atoms with van der Waals surface area (Å²) in [5.41, 5.74) is 1.66. The summed E-state index contributed by atoms with van der Waals surface area (Å²) in [7, 11) is 0. The highest BCUT2D eigenvalue weighted by atomic mass is 79.9. The lowest BCUT2D eigenvalue weighted by molar-refractivity contribution is -0.145. The standard InChI is InChI=1S/C14H15BrN2O2/c1-9(2)19-13(18)8-16-12-5-3-4-10-6-11(15)7-17-14(10)12/h3-7,9,16H,8H2,1-2H3. The lowest BCUT2D eigenvalue weighted by Gasteiger charge is -2.11. The van der Waals surface area contributed by atoms with Gasteiger partial charge in [-0.2, -0.15) is 0 Å². The minimum absolute atomic E-state index is 0.101. The minimum atomic E-state index is -0.274. The fourth-order valence-corrected chi connectivity index (χ4v) is 2.10. The number of carbonyl (C=O) groups is 1. The van der Waals surface area contributed by atoms with E-state index in [0.29, 0.717) is 0 Å². The fraction of sp³-hybridized carbons (Fsp3) is 0.286. The van der Waals surface area contributed by atoms with Crippen molar-refractivity contribution in [2.75, 3.05) is 11.9 Å². The molecule has 100 valence electrons. The Morgan fingerprint density at radius 2 is 2.26 bits per heavy atom. The van der Waals surface area contributed by atoms with Gasteiger partial charge in [-0.05, 0) is 41.9 Å². The van der Waals surface area contributed by atoms with Crippen molar-refractivity contribution in [3.8, 4) is 0 Å². The average molecular weight is 323 g/mol. The van der Waals surface area contributed by atoms with Crippen molar-refractivity contribution in [2.24, 2.45) is 0 Å². The third-order valence-corrected chi connectivity index (χ3v) is 2.90. The number of anilines is 1.